The van der Waals surface area contributed by atoms with Crippen molar-refractivity contribution in [3.63, 3.8) is 0 Å². The Balaban J connectivity index is 1.94. The monoisotopic (exact) mass is 360 g/mol. The van der Waals surface area contributed by atoms with Crippen molar-refractivity contribution in [3.8, 4) is 16.9 Å². The highest BCUT2D eigenvalue weighted by Gasteiger charge is 2.26. The van der Waals surface area contributed by atoms with Crippen molar-refractivity contribution in [2.75, 3.05) is 0 Å². The molecule has 1 saturated heterocycles. The number of aromatic nitrogens is 1. The average molecular weight is 360 g/mol. The minimum atomic E-state index is -0.343. The molecule has 0 saturated carbocycles. The third kappa shape index (κ3) is 2.97. The zero-order chi connectivity index (χ0) is 18.1. The second-order valence-corrected chi connectivity index (χ2v) is 6.99. The summed E-state index contributed by atoms with van der Waals surface area (Å²) in [5, 5.41) is 1.98. The molecule has 0 atom stereocenters. The third-order valence-electron chi connectivity index (χ3n) is 4.20. The van der Waals surface area contributed by atoms with Gasteiger partial charge in [-0.05, 0) is 48.5 Å². The summed E-state index contributed by atoms with van der Waals surface area (Å²) in [6.45, 7) is 2.04. The lowest BCUT2D eigenvalue weighted by atomic mass is 10.1. The first-order chi connectivity index (χ1) is 12.6. The fraction of sp³-hybridized carbons (Fsp3) is 0.0476. The van der Waals surface area contributed by atoms with Crippen molar-refractivity contribution >= 4 is 29.0 Å². The molecule has 0 bridgehead atoms. The number of rotatable bonds is 3. The van der Waals surface area contributed by atoms with E-state index >= 15 is 0 Å². The maximum Gasteiger partial charge on any atom is 0.290 e. The van der Waals surface area contributed by atoms with Crippen LogP contribution in [0, 0.1) is 6.92 Å². The second kappa shape index (κ2) is 6.69. The van der Waals surface area contributed by atoms with Crippen molar-refractivity contribution in [2.45, 2.75) is 6.92 Å². The zero-order valence-corrected chi connectivity index (χ0v) is 14.9. The number of hydrogen-bond donors (Lipinski definition) is 1. The van der Waals surface area contributed by atoms with E-state index in [1.54, 1.807) is 6.08 Å². The van der Waals surface area contributed by atoms with E-state index in [4.69, 9.17) is 0 Å². The minimum Gasteiger partial charge on any atom is -0.313 e. The molecule has 5 heteroatoms. The van der Waals surface area contributed by atoms with Crippen LogP contribution in [0.25, 0.3) is 23.0 Å². The highest BCUT2D eigenvalue weighted by molar-refractivity contribution is 8.18. The first-order valence-corrected chi connectivity index (χ1v) is 9.03. The van der Waals surface area contributed by atoms with Crippen LogP contribution in [0.1, 0.15) is 11.3 Å². The molecule has 0 aliphatic carbocycles. The van der Waals surface area contributed by atoms with E-state index < -0.39 is 0 Å². The smallest absolute Gasteiger partial charge is 0.290 e. The van der Waals surface area contributed by atoms with E-state index in [0.717, 1.165) is 40.0 Å². The van der Waals surface area contributed by atoms with Crippen molar-refractivity contribution in [1.82, 2.24) is 9.88 Å². The molecule has 4 rings (SSSR count). The lowest BCUT2D eigenvalue weighted by Gasteiger charge is -2.13. The van der Waals surface area contributed by atoms with Gasteiger partial charge in [-0.1, -0.05) is 48.5 Å². The molecule has 128 valence electrons. The molecule has 26 heavy (non-hydrogen) atoms. The molecule has 1 N–H and O–H groups in total. The maximum absolute atomic E-state index is 12.0. The van der Waals surface area contributed by atoms with Gasteiger partial charge in [-0.25, -0.2) is 0 Å². The number of imide groups is 1. The first-order valence-electron chi connectivity index (χ1n) is 8.21. The number of nitrogens with zero attached hydrogens (tertiary/aromatic N) is 1. The Hall–Kier alpha value is -3.05. The summed E-state index contributed by atoms with van der Waals surface area (Å²) in [7, 11) is 0. The van der Waals surface area contributed by atoms with E-state index in [1.807, 2.05) is 61.5 Å². The summed E-state index contributed by atoms with van der Waals surface area (Å²) in [6, 6.07) is 22.2. The van der Waals surface area contributed by atoms with Crippen LogP contribution in [0.2, 0.25) is 0 Å². The van der Waals surface area contributed by atoms with E-state index in [2.05, 4.69) is 22.0 Å². The Morgan fingerprint density at radius 3 is 2.23 bits per heavy atom. The van der Waals surface area contributed by atoms with Gasteiger partial charge < -0.3 is 4.57 Å². The van der Waals surface area contributed by atoms with Crippen LogP contribution in [0.4, 0.5) is 4.79 Å². The second-order valence-electron chi connectivity index (χ2n) is 5.98. The van der Waals surface area contributed by atoms with Crippen LogP contribution in [0.3, 0.4) is 0 Å². The van der Waals surface area contributed by atoms with Crippen LogP contribution in [0.5, 0.6) is 0 Å². The lowest BCUT2D eigenvalue weighted by molar-refractivity contribution is -0.115. The molecule has 1 aliphatic rings. The van der Waals surface area contributed by atoms with Gasteiger partial charge in [0, 0.05) is 16.9 Å². The van der Waals surface area contributed by atoms with Crippen LogP contribution >= 0.6 is 11.8 Å². The van der Waals surface area contributed by atoms with Gasteiger partial charge in [0.15, 0.2) is 0 Å². The molecule has 0 unspecified atom stereocenters. The maximum atomic E-state index is 12.0. The van der Waals surface area contributed by atoms with Gasteiger partial charge in [0.25, 0.3) is 11.1 Å². The summed E-state index contributed by atoms with van der Waals surface area (Å²) >= 11 is 0.936. The lowest BCUT2D eigenvalue weighted by Crippen LogP contribution is -2.17. The molecule has 1 aromatic heterocycles. The number of amides is 2. The Kier molecular flexibility index (Phi) is 4.22. The van der Waals surface area contributed by atoms with E-state index in [0.29, 0.717) is 4.91 Å². The van der Waals surface area contributed by atoms with Gasteiger partial charge in [-0.2, -0.15) is 0 Å². The van der Waals surface area contributed by atoms with E-state index in [1.165, 1.54) is 0 Å². The molecular weight excluding hydrogens is 344 g/mol. The number of carbonyl (C=O) groups is 2. The van der Waals surface area contributed by atoms with Crippen molar-refractivity contribution in [3.05, 3.63) is 82.9 Å². The molecular formula is C21H16N2O2S. The summed E-state index contributed by atoms with van der Waals surface area (Å²) < 4.78 is 2.17. The topological polar surface area (TPSA) is 51.1 Å². The van der Waals surface area contributed by atoms with Crippen molar-refractivity contribution in [2.24, 2.45) is 0 Å². The standard InChI is InChI=1S/C21H16N2O2S/c1-14-12-16(13-18-20(24)22-21(25)26-18)19(15-8-4-2-5-9-15)23(14)17-10-6-3-7-11-17/h2-13H,1H3,(H,22,24,25)/b18-13-. The summed E-state index contributed by atoms with van der Waals surface area (Å²) in [6.07, 6.45) is 1.79. The largest absolute Gasteiger partial charge is 0.313 e. The summed E-state index contributed by atoms with van der Waals surface area (Å²) in [5.41, 5.74) is 5.05. The molecule has 4 nitrogen and oxygen atoms in total. The number of benzene rings is 2. The van der Waals surface area contributed by atoms with Gasteiger partial charge in [0.2, 0.25) is 0 Å². The van der Waals surface area contributed by atoms with Crippen molar-refractivity contribution < 1.29 is 9.59 Å². The molecule has 3 aromatic rings. The van der Waals surface area contributed by atoms with Gasteiger partial charge in [-0.3, -0.25) is 14.9 Å². The molecule has 0 radical (unpaired) electrons. The Morgan fingerprint density at radius 2 is 1.62 bits per heavy atom. The SMILES string of the molecule is Cc1cc(/C=C2\SC(=O)NC2=O)c(-c2ccccc2)n1-c1ccccc1. The van der Waals surface area contributed by atoms with Gasteiger partial charge >= 0.3 is 0 Å². The van der Waals surface area contributed by atoms with Gasteiger partial charge in [0.05, 0.1) is 10.6 Å². The molecule has 1 fully saturated rings. The first kappa shape index (κ1) is 16.4. The van der Waals surface area contributed by atoms with Crippen LogP contribution < -0.4 is 5.32 Å². The summed E-state index contributed by atoms with van der Waals surface area (Å²) in [5.74, 6) is -0.343. The van der Waals surface area contributed by atoms with Crippen molar-refractivity contribution in [1.29, 1.82) is 0 Å². The molecule has 2 aromatic carbocycles. The molecule has 2 heterocycles. The van der Waals surface area contributed by atoms with E-state index in [-0.39, 0.29) is 11.1 Å². The molecule has 2 amide bonds. The van der Waals surface area contributed by atoms with Gasteiger partial charge in [-0.15, -0.1) is 0 Å². The highest BCUT2D eigenvalue weighted by Crippen LogP contribution is 2.34. The predicted octanol–water partition coefficient (Wildman–Crippen LogP) is 4.78. The third-order valence-corrected chi connectivity index (χ3v) is 5.02. The quantitative estimate of drug-likeness (QED) is 0.684. The van der Waals surface area contributed by atoms with Crippen LogP contribution in [0.15, 0.2) is 71.6 Å². The number of nitrogens with one attached hydrogen (secondary N) is 1. The normalized spacial score (nSPS) is 15.5. The van der Waals surface area contributed by atoms with E-state index in [9.17, 15) is 9.59 Å². The Bertz CT molecular complexity index is 1020. The molecule has 1 aliphatic heterocycles. The average Bonchev–Trinajstić information content (AvgIpc) is 3.15. The number of carbonyl (C=O) groups excluding carboxylic acids is 2. The fourth-order valence-corrected chi connectivity index (χ4v) is 3.81. The highest BCUT2D eigenvalue weighted by atomic mass is 32.2. The number of para-hydroxylation sites is 1. The Morgan fingerprint density at radius 1 is 0.962 bits per heavy atom. The predicted molar refractivity (Wildman–Crippen MR) is 105 cm³/mol. The number of hydrogen-bond acceptors (Lipinski definition) is 3. The zero-order valence-electron chi connectivity index (χ0n) is 14.1. The number of aryl methyl sites for hydroxylation is 1. The van der Waals surface area contributed by atoms with Crippen LogP contribution in [-0.4, -0.2) is 15.7 Å². The fourth-order valence-electron chi connectivity index (χ4n) is 3.14. The minimum absolute atomic E-state index is 0.332. The Labute approximate surface area is 155 Å². The molecule has 0 spiro atoms. The van der Waals surface area contributed by atoms with Crippen LogP contribution in [-0.2, 0) is 4.79 Å². The summed E-state index contributed by atoms with van der Waals surface area (Å²) in [4.78, 5) is 23.9. The number of thioether (sulfide) groups is 1. The van der Waals surface area contributed by atoms with Gasteiger partial charge in [0.1, 0.15) is 0 Å².